The summed E-state index contributed by atoms with van der Waals surface area (Å²) in [4.78, 5) is 11.5. The quantitative estimate of drug-likeness (QED) is 0.702. The van der Waals surface area contributed by atoms with E-state index < -0.39 is 11.7 Å². The number of carbonyl (C=O) groups is 1. The fourth-order valence-corrected chi connectivity index (χ4v) is 2.44. The van der Waals surface area contributed by atoms with Gasteiger partial charge in [-0.1, -0.05) is 12.1 Å². The molecule has 1 N–H and O–H groups in total. The van der Waals surface area contributed by atoms with Gasteiger partial charge in [0.15, 0.2) is 0 Å². The second-order valence-electron chi connectivity index (χ2n) is 6.63. The smallest absolute Gasteiger partial charge is 0.407 e. The Hall–Kier alpha value is -2.02. The van der Waals surface area contributed by atoms with Crippen molar-refractivity contribution < 1.29 is 14.3 Å². The molecule has 0 aliphatic carbocycles. The van der Waals surface area contributed by atoms with Gasteiger partial charge in [-0.15, -0.1) is 0 Å². The van der Waals surface area contributed by atoms with Crippen LogP contribution < -0.4 is 10.1 Å². The summed E-state index contributed by atoms with van der Waals surface area (Å²) in [6.45, 7) is 7.23. The third kappa shape index (κ3) is 7.60. The minimum Gasteiger partial charge on any atom is -0.494 e. The van der Waals surface area contributed by atoms with E-state index in [9.17, 15) is 4.79 Å². The summed E-state index contributed by atoms with van der Waals surface area (Å²) in [7, 11) is 0. The van der Waals surface area contributed by atoms with Gasteiger partial charge in [-0.3, -0.25) is 4.68 Å². The molecule has 0 unspecified atom stereocenters. The fraction of sp³-hybridized carbons (Fsp3) is 0.444. The number of ether oxygens (including phenoxy) is 2. The van der Waals surface area contributed by atoms with Gasteiger partial charge in [0.1, 0.15) is 11.4 Å². The van der Waals surface area contributed by atoms with Gasteiger partial charge in [-0.25, -0.2) is 4.79 Å². The van der Waals surface area contributed by atoms with Gasteiger partial charge in [0.05, 0.1) is 23.8 Å². The van der Waals surface area contributed by atoms with Crippen molar-refractivity contribution in [3.63, 3.8) is 0 Å². The van der Waals surface area contributed by atoms with Gasteiger partial charge in [0, 0.05) is 12.7 Å². The Morgan fingerprint density at radius 1 is 1.36 bits per heavy atom. The number of halogens is 1. The Kier molecular flexibility index (Phi) is 6.87. The topological polar surface area (TPSA) is 65.4 Å². The molecule has 0 saturated carbocycles. The largest absolute Gasteiger partial charge is 0.494 e. The Morgan fingerprint density at radius 3 is 2.84 bits per heavy atom. The number of hydrogen-bond acceptors (Lipinski definition) is 4. The normalized spacial score (nSPS) is 11.2. The molecule has 0 fully saturated rings. The Labute approximate surface area is 156 Å². The molecule has 0 spiro atoms. The maximum Gasteiger partial charge on any atom is 0.407 e. The first-order valence-electron chi connectivity index (χ1n) is 8.18. The van der Waals surface area contributed by atoms with Crippen LogP contribution in [0.1, 0.15) is 32.8 Å². The van der Waals surface area contributed by atoms with Gasteiger partial charge in [0.25, 0.3) is 0 Å². The molecule has 7 heteroatoms. The van der Waals surface area contributed by atoms with Crippen molar-refractivity contribution >= 4 is 22.0 Å². The standard InChI is InChI=1S/C18H24BrN3O3/c1-18(2,3)25-17(23)20-8-5-9-24-16-7-4-6-14(10-16)12-22-13-15(19)11-21-22/h4,6-7,10-11,13H,5,8-9,12H2,1-3H3,(H,20,23). The fourth-order valence-electron chi connectivity index (χ4n) is 2.11. The third-order valence-corrected chi connectivity index (χ3v) is 3.51. The van der Waals surface area contributed by atoms with Crippen molar-refractivity contribution in [2.75, 3.05) is 13.2 Å². The summed E-state index contributed by atoms with van der Waals surface area (Å²) in [6, 6.07) is 7.91. The molecule has 2 aromatic rings. The first-order chi connectivity index (χ1) is 11.8. The summed E-state index contributed by atoms with van der Waals surface area (Å²) in [5.74, 6) is 0.806. The van der Waals surface area contributed by atoms with Crippen molar-refractivity contribution in [2.24, 2.45) is 0 Å². The van der Waals surface area contributed by atoms with E-state index in [2.05, 4.69) is 26.3 Å². The number of alkyl carbamates (subject to hydrolysis) is 1. The molecule has 1 amide bonds. The molecule has 25 heavy (non-hydrogen) atoms. The average molecular weight is 410 g/mol. The lowest BCUT2D eigenvalue weighted by Crippen LogP contribution is -2.33. The molecule has 0 atom stereocenters. The summed E-state index contributed by atoms with van der Waals surface area (Å²) in [6.07, 6.45) is 3.99. The van der Waals surface area contributed by atoms with E-state index in [0.29, 0.717) is 26.1 Å². The zero-order valence-corrected chi connectivity index (χ0v) is 16.4. The van der Waals surface area contributed by atoms with Crippen LogP contribution in [0.15, 0.2) is 41.1 Å². The van der Waals surface area contributed by atoms with E-state index in [0.717, 1.165) is 15.8 Å². The molecule has 136 valence electrons. The van der Waals surface area contributed by atoms with Crippen LogP contribution in [0.4, 0.5) is 4.79 Å². The SMILES string of the molecule is CC(C)(C)OC(=O)NCCCOc1cccc(Cn2cc(Br)cn2)c1. The van der Waals surface area contributed by atoms with Crippen LogP contribution in [-0.4, -0.2) is 34.6 Å². The molecule has 1 aromatic carbocycles. The van der Waals surface area contributed by atoms with E-state index in [-0.39, 0.29) is 0 Å². The van der Waals surface area contributed by atoms with E-state index >= 15 is 0 Å². The molecule has 0 radical (unpaired) electrons. The van der Waals surface area contributed by atoms with Crippen LogP contribution in [0, 0.1) is 0 Å². The minimum atomic E-state index is -0.481. The molecule has 0 bridgehead atoms. The molecular formula is C18H24BrN3O3. The lowest BCUT2D eigenvalue weighted by atomic mass is 10.2. The van der Waals surface area contributed by atoms with Crippen molar-refractivity contribution in [3.8, 4) is 5.75 Å². The lowest BCUT2D eigenvalue weighted by molar-refractivity contribution is 0.0525. The molecule has 0 saturated heterocycles. The zero-order chi connectivity index (χ0) is 18.3. The molecular weight excluding hydrogens is 386 g/mol. The summed E-state index contributed by atoms with van der Waals surface area (Å²) in [5, 5.41) is 6.96. The van der Waals surface area contributed by atoms with Crippen LogP contribution in [0.5, 0.6) is 5.75 Å². The average Bonchev–Trinajstić information content (AvgIpc) is 2.90. The number of aromatic nitrogens is 2. The van der Waals surface area contributed by atoms with Gasteiger partial charge in [0.2, 0.25) is 0 Å². The number of hydrogen-bond donors (Lipinski definition) is 1. The van der Waals surface area contributed by atoms with E-state index in [1.54, 1.807) is 6.20 Å². The zero-order valence-electron chi connectivity index (χ0n) is 14.8. The van der Waals surface area contributed by atoms with Crippen molar-refractivity contribution in [1.82, 2.24) is 15.1 Å². The number of carbonyl (C=O) groups excluding carboxylic acids is 1. The molecule has 1 heterocycles. The highest BCUT2D eigenvalue weighted by molar-refractivity contribution is 9.10. The lowest BCUT2D eigenvalue weighted by Gasteiger charge is -2.19. The van der Waals surface area contributed by atoms with Gasteiger partial charge in [-0.2, -0.15) is 5.10 Å². The van der Waals surface area contributed by atoms with Crippen LogP contribution in [0.25, 0.3) is 0 Å². The number of amides is 1. The first kappa shape index (κ1) is 19.3. The maximum absolute atomic E-state index is 11.5. The maximum atomic E-state index is 11.5. The van der Waals surface area contributed by atoms with Crippen molar-refractivity contribution in [3.05, 3.63) is 46.7 Å². The number of nitrogens with zero attached hydrogens (tertiary/aromatic N) is 2. The number of rotatable bonds is 7. The number of nitrogens with one attached hydrogen (secondary N) is 1. The third-order valence-electron chi connectivity index (χ3n) is 3.10. The molecule has 0 aliphatic heterocycles. The highest BCUT2D eigenvalue weighted by atomic mass is 79.9. The van der Waals surface area contributed by atoms with Crippen molar-refractivity contribution in [1.29, 1.82) is 0 Å². The van der Waals surface area contributed by atoms with Crippen molar-refractivity contribution in [2.45, 2.75) is 39.3 Å². The Bertz CT molecular complexity index is 695. The monoisotopic (exact) mass is 409 g/mol. The predicted molar refractivity (Wildman–Crippen MR) is 99.8 cm³/mol. The highest BCUT2D eigenvalue weighted by Crippen LogP contribution is 2.15. The van der Waals surface area contributed by atoms with E-state index in [1.807, 2.05) is 55.9 Å². The second-order valence-corrected chi connectivity index (χ2v) is 7.55. The molecule has 1 aromatic heterocycles. The molecule has 0 aliphatic rings. The van der Waals surface area contributed by atoms with Crippen LogP contribution in [0.2, 0.25) is 0 Å². The van der Waals surface area contributed by atoms with Gasteiger partial charge >= 0.3 is 6.09 Å². The summed E-state index contributed by atoms with van der Waals surface area (Å²) in [5.41, 5.74) is 0.630. The minimum absolute atomic E-state index is 0.403. The van der Waals surface area contributed by atoms with Crippen LogP contribution >= 0.6 is 15.9 Å². The van der Waals surface area contributed by atoms with Crippen LogP contribution in [0.3, 0.4) is 0 Å². The summed E-state index contributed by atoms with van der Waals surface area (Å²) >= 11 is 3.39. The van der Waals surface area contributed by atoms with Gasteiger partial charge < -0.3 is 14.8 Å². The van der Waals surface area contributed by atoms with Crippen LogP contribution in [-0.2, 0) is 11.3 Å². The predicted octanol–water partition coefficient (Wildman–Crippen LogP) is 3.99. The summed E-state index contributed by atoms with van der Waals surface area (Å²) < 4.78 is 13.7. The highest BCUT2D eigenvalue weighted by Gasteiger charge is 2.15. The first-order valence-corrected chi connectivity index (χ1v) is 8.98. The van der Waals surface area contributed by atoms with E-state index in [1.165, 1.54) is 0 Å². The molecule has 6 nitrogen and oxygen atoms in total. The molecule has 2 rings (SSSR count). The Balaban J connectivity index is 1.71. The number of benzene rings is 1. The second kappa shape index (κ2) is 8.89. The van der Waals surface area contributed by atoms with Gasteiger partial charge in [-0.05, 0) is 60.8 Å². The Morgan fingerprint density at radius 2 is 2.16 bits per heavy atom. The van der Waals surface area contributed by atoms with E-state index in [4.69, 9.17) is 9.47 Å².